The van der Waals surface area contributed by atoms with Crippen LogP contribution in [0.1, 0.15) is 5.69 Å². The van der Waals surface area contributed by atoms with Crippen molar-refractivity contribution in [3.05, 3.63) is 46.8 Å². The van der Waals surface area contributed by atoms with Crippen molar-refractivity contribution in [1.82, 2.24) is 19.9 Å². The molecule has 0 unspecified atom stereocenters. The lowest BCUT2D eigenvalue weighted by Gasteiger charge is -2.04. The first-order valence-corrected chi connectivity index (χ1v) is 5.46. The van der Waals surface area contributed by atoms with Crippen molar-refractivity contribution in [1.29, 1.82) is 5.26 Å². The Balaban J connectivity index is 1.98. The summed E-state index contributed by atoms with van der Waals surface area (Å²) in [5.74, 6) is 0.319. The molecule has 1 aromatic carbocycles. The molecule has 7 heteroatoms. The number of rotatable bonds is 2. The minimum Gasteiger partial charge on any atom is -0.345 e. The second-order valence-electron chi connectivity index (χ2n) is 3.86. The van der Waals surface area contributed by atoms with E-state index in [9.17, 15) is 4.79 Å². The molecular formula is C12H8N6O. The Hall–Kier alpha value is -3.14. The van der Waals surface area contributed by atoms with Crippen molar-refractivity contribution in [2.75, 3.05) is 5.32 Å². The van der Waals surface area contributed by atoms with Gasteiger partial charge in [0.25, 0.3) is 0 Å². The molecule has 0 fully saturated rings. The van der Waals surface area contributed by atoms with Crippen LogP contribution in [-0.2, 0) is 0 Å². The molecule has 2 heterocycles. The number of H-pyrrole nitrogens is 2. The van der Waals surface area contributed by atoms with Crippen LogP contribution in [0.5, 0.6) is 0 Å². The quantitative estimate of drug-likeness (QED) is 0.636. The van der Waals surface area contributed by atoms with Gasteiger partial charge in [0.2, 0.25) is 0 Å². The van der Waals surface area contributed by atoms with E-state index in [4.69, 9.17) is 5.26 Å². The largest absolute Gasteiger partial charge is 0.347 e. The average molecular weight is 252 g/mol. The summed E-state index contributed by atoms with van der Waals surface area (Å²) in [6.07, 6.45) is 1.60. The highest BCUT2D eigenvalue weighted by atomic mass is 16.1. The van der Waals surface area contributed by atoms with Crippen molar-refractivity contribution in [2.45, 2.75) is 0 Å². The SMILES string of the molecule is N#Cc1cc(Nc2ccc3nc[nH]c3c2)nc(=O)[nH]1. The monoisotopic (exact) mass is 252 g/mol. The first kappa shape index (κ1) is 11.0. The third-order valence-corrected chi connectivity index (χ3v) is 2.56. The zero-order valence-corrected chi connectivity index (χ0v) is 9.64. The maximum absolute atomic E-state index is 11.3. The highest BCUT2D eigenvalue weighted by Crippen LogP contribution is 2.18. The van der Waals surface area contributed by atoms with Gasteiger partial charge in [-0.25, -0.2) is 9.78 Å². The summed E-state index contributed by atoms with van der Waals surface area (Å²) in [4.78, 5) is 24.4. The number of aromatic nitrogens is 4. The summed E-state index contributed by atoms with van der Waals surface area (Å²) in [6, 6.07) is 8.84. The van der Waals surface area contributed by atoms with Crippen LogP contribution >= 0.6 is 0 Å². The second-order valence-corrected chi connectivity index (χ2v) is 3.86. The van der Waals surface area contributed by atoms with Crippen LogP contribution in [0.4, 0.5) is 11.5 Å². The third-order valence-electron chi connectivity index (χ3n) is 2.56. The predicted octanol–water partition coefficient (Wildman–Crippen LogP) is 1.26. The average Bonchev–Trinajstić information content (AvgIpc) is 2.85. The standard InChI is InChI=1S/C12H8N6O/c13-5-8-4-11(18-12(19)17-8)16-7-1-2-9-10(3-7)15-6-14-9/h1-4,6H,(H,14,15)(H2,16,17,18,19). The van der Waals surface area contributed by atoms with Gasteiger partial charge in [-0.05, 0) is 18.2 Å². The Morgan fingerprint density at radius 2 is 2.21 bits per heavy atom. The minimum atomic E-state index is -0.566. The number of hydrogen-bond donors (Lipinski definition) is 3. The fraction of sp³-hybridized carbons (Fsp3) is 0. The Bertz CT molecular complexity index is 841. The molecule has 0 saturated heterocycles. The van der Waals surface area contributed by atoms with Crippen LogP contribution in [0.2, 0.25) is 0 Å². The first-order chi connectivity index (χ1) is 9.24. The van der Waals surface area contributed by atoms with Crippen molar-refractivity contribution >= 4 is 22.5 Å². The molecule has 92 valence electrons. The van der Waals surface area contributed by atoms with Gasteiger partial charge in [-0.3, -0.25) is 4.98 Å². The lowest BCUT2D eigenvalue weighted by Crippen LogP contribution is -2.13. The number of nitrogens with one attached hydrogen (secondary N) is 3. The van der Waals surface area contributed by atoms with Gasteiger partial charge in [-0.1, -0.05) is 0 Å². The Labute approximate surface area is 107 Å². The van der Waals surface area contributed by atoms with Crippen molar-refractivity contribution < 1.29 is 0 Å². The summed E-state index contributed by atoms with van der Waals surface area (Å²) in [6.45, 7) is 0. The van der Waals surface area contributed by atoms with Crippen molar-refractivity contribution in [3.8, 4) is 6.07 Å². The molecule has 0 atom stereocenters. The molecule has 0 aliphatic heterocycles. The zero-order valence-electron chi connectivity index (χ0n) is 9.64. The molecule has 7 nitrogen and oxygen atoms in total. The van der Waals surface area contributed by atoms with Gasteiger partial charge < -0.3 is 10.3 Å². The fourth-order valence-electron chi connectivity index (χ4n) is 1.74. The molecule has 0 spiro atoms. The van der Waals surface area contributed by atoms with E-state index in [2.05, 4.69) is 25.3 Å². The summed E-state index contributed by atoms with van der Waals surface area (Å²) < 4.78 is 0. The highest BCUT2D eigenvalue weighted by Gasteiger charge is 2.02. The predicted molar refractivity (Wildman–Crippen MR) is 68.9 cm³/mol. The van der Waals surface area contributed by atoms with Crippen LogP contribution in [0.3, 0.4) is 0 Å². The second kappa shape index (κ2) is 4.27. The lowest BCUT2D eigenvalue weighted by atomic mass is 10.2. The van der Waals surface area contributed by atoms with Crippen LogP contribution < -0.4 is 11.0 Å². The maximum Gasteiger partial charge on any atom is 0.347 e. The van der Waals surface area contributed by atoms with Crippen LogP contribution in [-0.4, -0.2) is 19.9 Å². The van der Waals surface area contributed by atoms with E-state index in [0.717, 1.165) is 16.7 Å². The number of imidazole rings is 1. The smallest absolute Gasteiger partial charge is 0.345 e. The van der Waals surface area contributed by atoms with E-state index in [1.54, 1.807) is 6.33 Å². The van der Waals surface area contributed by atoms with E-state index in [0.29, 0.717) is 5.82 Å². The van der Waals surface area contributed by atoms with E-state index in [1.807, 2.05) is 24.3 Å². The van der Waals surface area contributed by atoms with Gasteiger partial charge in [0.15, 0.2) is 0 Å². The number of nitriles is 1. The fourth-order valence-corrected chi connectivity index (χ4v) is 1.74. The molecule has 0 radical (unpaired) electrons. The Morgan fingerprint density at radius 1 is 1.32 bits per heavy atom. The molecule has 19 heavy (non-hydrogen) atoms. The number of hydrogen-bond acceptors (Lipinski definition) is 5. The van der Waals surface area contributed by atoms with Crippen LogP contribution in [0.25, 0.3) is 11.0 Å². The maximum atomic E-state index is 11.3. The van der Waals surface area contributed by atoms with Gasteiger partial charge in [0.05, 0.1) is 17.4 Å². The highest BCUT2D eigenvalue weighted by molar-refractivity contribution is 5.79. The number of benzene rings is 1. The molecule has 0 aliphatic rings. The first-order valence-electron chi connectivity index (χ1n) is 5.46. The summed E-state index contributed by atoms with van der Waals surface area (Å²) in [7, 11) is 0. The molecule has 3 rings (SSSR count). The number of anilines is 2. The third kappa shape index (κ3) is 2.14. The molecule has 0 saturated carbocycles. The van der Waals surface area contributed by atoms with Gasteiger partial charge in [0, 0.05) is 11.8 Å². The summed E-state index contributed by atoms with van der Waals surface area (Å²) in [5, 5.41) is 11.7. The Morgan fingerprint density at radius 3 is 3.05 bits per heavy atom. The molecule has 0 bridgehead atoms. The molecular weight excluding hydrogens is 244 g/mol. The molecule has 0 amide bonds. The minimum absolute atomic E-state index is 0.158. The van der Waals surface area contributed by atoms with Gasteiger partial charge in [-0.15, -0.1) is 0 Å². The summed E-state index contributed by atoms with van der Waals surface area (Å²) in [5.41, 5.74) is 2.06. The van der Waals surface area contributed by atoms with Gasteiger partial charge in [-0.2, -0.15) is 10.2 Å². The van der Waals surface area contributed by atoms with E-state index in [-0.39, 0.29) is 5.69 Å². The number of aromatic amines is 2. The van der Waals surface area contributed by atoms with Crippen molar-refractivity contribution in [3.63, 3.8) is 0 Å². The van der Waals surface area contributed by atoms with Crippen molar-refractivity contribution in [2.24, 2.45) is 0 Å². The van der Waals surface area contributed by atoms with Crippen LogP contribution in [0, 0.1) is 11.3 Å². The molecule has 3 aromatic rings. The molecule has 3 N–H and O–H groups in total. The van der Waals surface area contributed by atoms with Gasteiger partial charge in [0.1, 0.15) is 17.6 Å². The van der Waals surface area contributed by atoms with Crippen LogP contribution in [0.15, 0.2) is 35.4 Å². The van der Waals surface area contributed by atoms with E-state index < -0.39 is 5.69 Å². The van der Waals surface area contributed by atoms with E-state index in [1.165, 1.54) is 6.07 Å². The van der Waals surface area contributed by atoms with E-state index >= 15 is 0 Å². The Kier molecular flexibility index (Phi) is 2.47. The normalized spacial score (nSPS) is 10.3. The number of fused-ring (bicyclic) bond motifs is 1. The zero-order chi connectivity index (χ0) is 13.2. The summed E-state index contributed by atoms with van der Waals surface area (Å²) >= 11 is 0. The van der Waals surface area contributed by atoms with Gasteiger partial charge >= 0.3 is 5.69 Å². The lowest BCUT2D eigenvalue weighted by molar-refractivity contribution is 1.06. The topological polar surface area (TPSA) is 110 Å². The number of nitrogens with zero attached hydrogens (tertiary/aromatic N) is 3. The molecule has 0 aliphatic carbocycles. The molecule has 2 aromatic heterocycles.